The van der Waals surface area contributed by atoms with Crippen LogP contribution in [0.2, 0.25) is 0 Å². The van der Waals surface area contributed by atoms with Crippen LogP contribution in [0.3, 0.4) is 0 Å². The smallest absolute Gasteiger partial charge is 0.227 e. The Hall–Kier alpha value is -1.88. The van der Waals surface area contributed by atoms with Gasteiger partial charge < -0.3 is 15.5 Å². The first-order valence-electron chi connectivity index (χ1n) is 8.01. The van der Waals surface area contributed by atoms with E-state index in [1.165, 1.54) is 0 Å². The van der Waals surface area contributed by atoms with Gasteiger partial charge >= 0.3 is 0 Å². The van der Waals surface area contributed by atoms with Gasteiger partial charge in [0.2, 0.25) is 11.8 Å². The molecule has 0 spiro atoms. The Labute approximate surface area is 131 Å². The van der Waals surface area contributed by atoms with Crippen molar-refractivity contribution in [3.8, 4) is 0 Å². The van der Waals surface area contributed by atoms with E-state index in [1.807, 2.05) is 31.2 Å². The molecule has 2 amide bonds. The lowest BCUT2D eigenvalue weighted by Gasteiger charge is -2.25. The zero-order valence-electron chi connectivity index (χ0n) is 13.0. The Morgan fingerprint density at radius 2 is 1.91 bits per heavy atom. The van der Waals surface area contributed by atoms with E-state index in [0.717, 1.165) is 37.2 Å². The molecule has 5 nitrogen and oxygen atoms in total. The van der Waals surface area contributed by atoms with Gasteiger partial charge in [-0.25, -0.2) is 0 Å². The van der Waals surface area contributed by atoms with Gasteiger partial charge in [-0.2, -0.15) is 0 Å². The third-order valence-corrected chi connectivity index (χ3v) is 4.53. The first-order valence-corrected chi connectivity index (χ1v) is 8.01. The third kappa shape index (κ3) is 3.30. The lowest BCUT2D eigenvalue weighted by molar-refractivity contribution is -0.127. The Kier molecular flexibility index (Phi) is 4.43. The molecule has 2 aliphatic rings. The summed E-state index contributed by atoms with van der Waals surface area (Å²) in [7, 11) is 0. The Morgan fingerprint density at radius 1 is 1.23 bits per heavy atom. The van der Waals surface area contributed by atoms with Gasteiger partial charge in [0.25, 0.3) is 0 Å². The summed E-state index contributed by atoms with van der Waals surface area (Å²) in [4.78, 5) is 26.3. The number of aryl methyl sites for hydroxylation is 1. The average Bonchev–Trinajstić information content (AvgIpc) is 2.91. The Balaban J connectivity index is 1.61. The third-order valence-electron chi connectivity index (χ3n) is 4.53. The summed E-state index contributed by atoms with van der Waals surface area (Å²) in [5, 5.41) is 6.39. The minimum Gasteiger partial charge on any atom is -0.353 e. The molecule has 1 atom stereocenters. The van der Waals surface area contributed by atoms with E-state index in [0.29, 0.717) is 13.0 Å². The number of nitrogens with one attached hydrogen (secondary N) is 2. The maximum atomic E-state index is 12.4. The highest BCUT2D eigenvalue weighted by Gasteiger charge is 2.35. The highest BCUT2D eigenvalue weighted by atomic mass is 16.2. The number of hydrogen-bond donors (Lipinski definition) is 2. The highest BCUT2D eigenvalue weighted by molar-refractivity contribution is 6.00. The summed E-state index contributed by atoms with van der Waals surface area (Å²) in [6, 6.07) is 8.12. The number of benzene rings is 1. The van der Waals surface area contributed by atoms with Gasteiger partial charge in [-0.1, -0.05) is 17.7 Å². The van der Waals surface area contributed by atoms with E-state index >= 15 is 0 Å². The molecule has 2 saturated heterocycles. The molecule has 2 heterocycles. The zero-order valence-corrected chi connectivity index (χ0v) is 13.0. The van der Waals surface area contributed by atoms with Crippen LogP contribution < -0.4 is 15.5 Å². The number of nitrogens with zero attached hydrogens (tertiary/aromatic N) is 1. The second-order valence-electron chi connectivity index (χ2n) is 6.27. The van der Waals surface area contributed by atoms with E-state index in [-0.39, 0.29) is 23.8 Å². The highest BCUT2D eigenvalue weighted by Crippen LogP contribution is 2.25. The molecule has 0 bridgehead atoms. The predicted molar refractivity (Wildman–Crippen MR) is 85.7 cm³/mol. The topological polar surface area (TPSA) is 61.4 Å². The molecule has 0 radical (unpaired) electrons. The van der Waals surface area contributed by atoms with Crippen molar-refractivity contribution in [3.63, 3.8) is 0 Å². The largest absolute Gasteiger partial charge is 0.353 e. The van der Waals surface area contributed by atoms with Crippen LogP contribution in [-0.2, 0) is 9.59 Å². The van der Waals surface area contributed by atoms with Crippen molar-refractivity contribution >= 4 is 17.5 Å². The molecule has 0 aliphatic carbocycles. The number of carbonyl (C=O) groups is 2. The van der Waals surface area contributed by atoms with E-state index in [4.69, 9.17) is 0 Å². The van der Waals surface area contributed by atoms with Crippen LogP contribution in [0.15, 0.2) is 24.3 Å². The summed E-state index contributed by atoms with van der Waals surface area (Å²) in [6.07, 6.45) is 2.24. The van der Waals surface area contributed by atoms with Crippen molar-refractivity contribution in [1.82, 2.24) is 10.6 Å². The van der Waals surface area contributed by atoms with Gasteiger partial charge in [0.15, 0.2) is 0 Å². The molecule has 2 fully saturated rings. The van der Waals surface area contributed by atoms with Gasteiger partial charge in [0, 0.05) is 24.7 Å². The van der Waals surface area contributed by atoms with Crippen LogP contribution in [0.1, 0.15) is 24.8 Å². The van der Waals surface area contributed by atoms with Gasteiger partial charge in [0.05, 0.1) is 5.92 Å². The summed E-state index contributed by atoms with van der Waals surface area (Å²) < 4.78 is 0. The minimum atomic E-state index is -0.233. The van der Waals surface area contributed by atoms with Crippen molar-refractivity contribution in [1.29, 1.82) is 0 Å². The van der Waals surface area contributed by atoms with Crippen LogP contribution in [0.25, 0.3) is 0 Å². The standard InChI is InChI=1S/C17H23N3O2/c1-12-2-4-15(5-3-12)20-11-13(10-16(20)21)17(22)19-14-6-8-18-9-7-14/h2-5,13-14,18H,6-11H2,1H3,(H,19,22). The van der Waals surface area contributed by atoms with E-state index in [2.05, 4.69) is 10.6 Å². The number of carbonyl (C=O) groups excluding carboxylic acids is 2. The molecule has 22 heavy (non-hydrogen) atoms. The molecule has 0 aromatic heterocycles. The predicted octanol–water partition coefficient (Wildman–Crippen LogP) is 1.22. The van der Waals surface area contributed by atoms with Crippen LogP contribution >= 0.6 is 0 Å². The molecular formula is C17H23N3O2. The van der Waals surface area contributed by atoms with E-state index < -0.39 is 0 Å². The maximum absolute atomic E-state index is 12.4. The second-order valence-corrected chi connectivity index (χ2v) is 6.27. The van der Waals surface area contributed by atoms with Crippen molar-refractivity contribution < 1.29 is 9.59 Å². The van der Waals surface area contributed by atoms with Crippen molar-refractivity contribution in [2.45, 2.75) is 32.2 Å². The lowest BCUT2D eigenvalue weighted by atomic mass is 10.0. The van der Waals surface area contributed by atoms with Gasteiger partial charge in [-0.05, 0) is 45.0 Å². The minimum absolute atomic E-state index is 0.0230. The van der Waals surface area contributed by atoms with Crippen LogP contribution in [0, 0.1) is 12.8 Å². The lowest BCUT2D eigenvalue weighted by Crippen LogP contribution is -2.45. The monoisotopic (exact) mass is 301 g/mol. The van der Waals surface area contributed by atoms with Crippen molar-refractivity contribution in [3.05, 3.63) is 29.8 Å². The fraction of sp³-hybridized carbons (Fsp3) is 0.529. The number of piperidine rings is 1. The SMILES string of the molecule is Cc1ccc(N2CC(C(=O)NC3CCNCC3)CC2=O)cc1. The molecule has 118 valence electrons. The molecule has 1 aromatic carbocycles. The molecule has 2 N–H and O–H groups in total. The van der Waals surface area contributed by atoms with Gasteiger partial charge in [-0.3, -0.25) is 9.59 Å². The molecular weight excluding hydrogens is 278 g/mol. The van der Waals surface area contributed by atoms with E-state index in [9.17, 15) is 9.59 Å². The number of amides is 2. The fourth-order valence-electron chi connectivity index (χ4n) is 3.14. The molecule has 1 unspecified atom stereocenters. The molecule has 0 saturated carbocycles. The van der Waals surface area contributed by atoms with Crippen LogP contribution in [0.5, 0.6) is 0 Å². The molecule has 2 aliphatic heterocycles. The fourth-order valence-corrected chi connectivity index (χ4v) is 3.14. The van der Waals surface area contributed by atoms with Crippen LogP contribution in [-0.4, -0.2) is 37.5 Å². The summed E-state index contributed by atoms with van der Waals surface area (Å²) >= 11 is 0. The maximum Gasteiger partial charge on any atom is 0.227 e. The first-order chi connectivity index (χ1) is 10.6. The summed E-state index contributed by atoms with van der Waals surface area (Å²) in [5.41, 5.74) is 2.04. The summed E-state index contributed by atoms with van der Waals surface area (Å²) in [5.74, 6) is -0.173. The number of rotatable bonds is 3. The van der Waals surface area contributed by atoms with Crippen LogP contribution in [0.4, 0.5) is 5.69 Å². The Morgan fingerprint density at radius 3 is 2.59 bits per heavy atom. The molecule has 3 rings (SSSR count). The quantitative estimate of drug-likeness (QED) is 0.882. The second kappa shape index (κ2) is 6.48. The first kappa shape index (κ1) is 15.0. The van der Waals surface area contributed by atoms with Crippen molar-refractivity contribution in [2.75, 3.05) is 24.5 Å². The number of hydrogen-bond acceptors (Lipinski definition) is 3. The van der Waals surface area contributed by atoms with Gasteiger partial charge in [-0.15, -0.1) is 0 Å². The van der Waals surface area contributed by atoms with Gasteiger partial charge in [0.1, 0.15) is 0 Å². The zero-order chi connectivity index (χ0) is 15.5. The summed E-state index contributed by atoms with van der Waals surface area (Å²) in [6.45, 7) is 4.40. The van der Waals surface area contributed by atoms with E-state index in [1.54, 1.807) is 4.90 Å². The normalized spacial score (nSPS) is 22.9. The average molecular weight is 301 g/mol. The Bertz CT molecular complexity index is 550. The molecule has 1 aromatic rings. The number of anilines is 1. The van der Waals surface area contributed by atoms with Crippen molar-refractivity contribution in [2.24, 2.45) is 5.92 Å². The molecule has 5 heteroatoms.